The third kappa shape index (κ3) is 3.96. The number of carbonyl (C=O) groups is 1. The zero-order valence-electron chi connectivity index (χ0n) is 14.0. The quantitative estimate of drug-likeness (QED) is 0.460. The van der Waals surface area contributed by atoms with Crippen LogP contribution in [0.15, 0.2) is 42.5 Å². The predicted molar refractivity (Wildman–Crippen MR) is 95.1 cm³/mol. The zero-order chi connectivity index (χ0) is 17.8. The molecule has 3 rings (SSSR count). The number of para-hydroxylation sites is 1. The van der Waals surface area contributed by atoms with Crippen LogP contribution in [0.5, 0.6) is 5.75 Å². The Hall–Kier alpha value is -2.89. The van der Waals surface area contributed by atoms with Gasteiger partial charge in [0.1, 0.15) is 11.4 Å². The lowest BCUT2D eigenvalue weighted by Crippen LogP contribution is -2.25. The lowest BCUT2D eigenvalue weighted by molar-refractivity contribution is -0.384. The summed E-state index contributed by atoms with van der Waals surface area (Å²) in [6, 6.07) is 12.2. The molecular weight excluding hydrogens is 320 g/mol. The number of rotatable bonds is 7. The number of nitro benzene ring substituents is 1. The van der Waals surface area contributed by atoms with Crippen LogP contribution in [-0.2, 0) is 6.54 Å². The molecular formula is C19H20N2O4. The highest BCUT2D eigenvalue weighted by atomic mass is 16.6. The molecule has 6 heteroatoms. The van der Waals surface area contributed by atoms with Crippen LogP contribution >= 0.6 is 0 Å². The highest BCUT2D eigenvalue weighted by Crippen LogP contribution is 2.30. The predicted octanol–water partition coefficient (Wildman–Crippen LogP) is 4.34. The molecule has 0 bridgehead atoms. The van der Waals surface area contributed by atoms with Crippen LogP contribution in [0.2, 0.25) is 0 Å². The fourth-order valence-corrected chi connectivity index (χ4v) is 2.67. The summed E-state index contributed by atoms with van der Waals surface area (Å²) in [5.74, 6) is 0.608. The number of ketones is 1. The molecule has 1 fully saturated rings. The van der Waals surface area contributed by atoms with Crippen molar-refractivity contribution in [3.8, 4) is 5.75 Å². The number of nitrogens with zero attached hydrogens (tertiary/aromatic N) is 1. The number of ether oxygens (including phenoxy) is 1. The summed E-state index contributed by atoms with van der Waals surface area (Å²) in [5.41, 5.74) is 1.55. The van der Waals surface area contributed by atoms with Gasteiger partial charge in [-0.25, -0.2) is 0 Å². The Balaban J connectivity index is 1.77. The van der Waals surface area contributed by atoms with E-state index in [1.165, 1.54) is 19.4 Å². The third-order valence-corrected chi connectivity index (χ3v) is 4.39. The van der Waals surface area contributed by atoms with Crippen LogP contribution in [0.1, 0.15) is 42.1 Å². The maximum Gasteiger partial charge on any atom is 0.293 e. The molecule has 130 valence electrons. The Morgan fingerprint density at radius 3 is 2.68 bits per heavy atom. The first kappa shape index (κ1) is 17.0. The first-order valence-electron chi connectivity index (χ1n) is 8.32. The Labute approximate surface area is 146 Å². The van der Waals surface area contributed by atoms with E-state index in [0.29, 0.717) is 17.8 Å². The second-order valence-corrected chi connectivity index (χ2v) is 6.18. The van der Waals surface area contributed by atoms with Gasteiger partial charge in [-0.3, -0.25) is 14.9 Å². The van der Waals surface area contributed by atoms with E-state index in [1.54, 1.807) is 12.1 Å². The molecule has 0 heterocycles. The van der Waals surface area contributed by atoms with E-state index in [-0.39, 0.29) is 17.6 Å². The summed E-state index contributed by atoms with van der Waals surface area (Å²) < 4.78 is 5.98. The SMILES string of the molecule is CC(=O)c1ccc(NCc2ccccc2OC2CCC2)c([N+](=O)[O-])c1. The summed E-state index contributed by atoms with van der Waals surface area (Å²) in [4.78, 5) is 22.2. The third-order valence-electron chi connectivity index (χ3n) is 4.39. The summed E-state index contributed by atoms with van der Waals surface area (Å²) in [6.45, 7) is 1.79. The number of hydrogen-bond acceptors (Lipinski definition) is 5. The zero-order valence-corrected chi connectivity index (χ0v) is 14.0. The van der Waals surface area contributed by atoms with Gasteiger partial charge >= 0.3 is 0 Å². The molecule has 0 aromatic heterocycles. The van der Waals surface area contributed by atoms with Gasteiger partial charge in [0, 0.05) is 23.7 Å². The topological polar surface area (TPSA) is 81.5 Å². The molecule has 0 spiro atoms. The minimum absolute atomic E-state index is 0.106. The molecule has 2 aromatic rings. The number of nitro groups is 1. The van der Waals surface area contributed by atoms with E-state index in [9.17, 15) is 14.9 Å². The highest BCUT2D eigenvalue weighted by Gasteiger charge is 2.21. The van der Waals surface area contributed by atoms with Gasteiger partial charge in [-0.05, 0) is 44.4 Å². The number of carbonyl (C=O) groups excluding carboxylic acids is 1. The maximum absolute atomic E-state index is 11.4. The smallest absolute Gasteiger partial charge is 0.293 e. The van der Waals surface area contributed by atoms with Crippen LogP contribution in [0.3, 0.4) is 0 Å². The van der Waals surface area contributed by atoms with Crippen LogP contribution < -0.4 is 10.1 Å². The van der Waals surface area contributed by atoms with Gasteiger partial charge in [-0.2, -0.15) is 0 Å². The second kappa shape index (κ2) is 7.34. The molecule has 25 heavy (non-hydrogen) atoms. The van der Waals surface area contributed by atoms with Crippen molar-refractivity contribution in [1.82, 2.24) is 0 Å². The number of benzene rings is 2. The first-order valence-corrected chi connectivity index (χ1v) is 8.32. The van der Waals surface area contributed by atoms with Crippen molar-refractivity contribution in [2.75, 3.05) is 5.32 Å². The van der Waals surface area contributed by atoms with E-state index in [0.717, 1.165) is 24.2 Å². The molecule has 1 saturated carbocycles. The van der Waals surface area contributed by atoms with Crippen molar-refractivity contribution in [3.63, 3.8) is 0 Å². The second-order valence-electron chi connectivity index (χ2n) is 6.18. The van der Waals surface area contributed by atoms with E-state index in [1.807, 2.05) is 24.3 Å². The molecule has 0 amide bonds. The van der Waals surface area contributed by atoms with Gasteiger partial charge in [0.05, 0.1) is 11.0 Å². The van der Waals surface area contributed by atoms with Crippen molar-refractivity contribution in [2.24, 2.45) is 0 Å². The highest BCUT2D eigenvalue weighted by molar-refractivity contribution is 5.95. The summed E-state index contributed by atoms with van der Waals surface area (Å²) in [7, 11) is 0. The van der Waals surface area contributed by atoms with Gasteiger partial charge in [-0.1, -0.05) is 18.2 Å². The number of hydrogen-bond donors (Lipinski definition) is 1. The van der Waals surface area contributed by atoms with Crippen molar-refractivity contribution < 1.29 is 14.5 Å². The van der Waals surface area contributed by atoms with Crippen LogP contribution in [0.25, 0.3) is 0 Å². The van der Waals surface area contributed by atoms with E-state index in [2.05, 4.69) is 5.32 Å². The first-order chi connectivity index (χ1) is 12.0. The number of anilines is 1. The van der Waals surface area contributed by atoms with E-state index in [4.69, 9.17) is 4.74 Å². The minimum atomic E-state index is -0.481. The average Bonchev–Trinajstić information content (AvgIpc) is 2.56. The van der Waals surface area contributed by atoms with Gasteiger partial charge in [0.15, 0.2) is 5.78 Å². The lowest BCUT2D eigenvalue weighted by atomic mass is 9.96. The molecule has 6 nitrogen and oxygen atoms in total. The minimum Gasteiger partial charge on any atom is -0.490 e. The Morgan fingerprint density at radius 2 is 2.04 bits per heavy atom. The van der Waals surface area contributed by atoms with Gasteiger partial charge in [-0.15, -0.1) is 0 Å². The maximum atomic E-state index is 11.4. The van der Waals surface area contributed by atoms with Crippen molar-refractivity contribution >= 4 is 17.2 Å². The van der Waals surface area contributed by atoms with Crippen LogP contribution in [0.4, 0.5) is 11.4 Å². The Morgan fingerprint density at radius 1 is 1.28 bits per heavy atom. The summed E-state index contributed by atoms with van der Waals surface area (Å²) in [5, 5.41) is 14.4. The van der Waals surface area contributed by atoms with E-state index < -0.39 is 4.92 Å². The van der Waals surface area contributed by atoms with Gasteiger partial charge in [0.25, 0.3) is 5.69 Å². The molecule has 0 atom stereocenters. The lowest BCUT2D eigenvalue weighted by Gasteiger charge is -2.27. The molecule has 1 aliphatic carbocycles. The standard InChI is InChI=1S/C19H20N2O4/c1-13(22)14-9-10-17(18(11-14)21(23)24)20-12-15-5-2-3-8-19(15)25-16-6-4-7-16/h2-3,5,8-11,16,20H,4,6-7,12H2,1H3. The monoisotopic (exact) mass is 340 g/mol. The average molecular weight is 340 g/mol. The number of Topliss-reactive ketones (excluding diaryl/α,β-unsaturated/α-hetero) is 1. The normalized spacial score (nSPS) is 13.8. The van der Waals surface area contributed by atoms with Crippen molar-refractivity contribution in [3.05, 3.63) is 63.7 Å². The van der Waals surface area contributed by atoms with Crippen molar-refractivity contribution in [2.45, 2.75) is 38.8 Å². The fraction of sp³-hybridized carbons (Fsp3) is 0.316. The molecule has 2 aromatic carbocycles. The molecule has 0 saturated heterocycles. The Kier molecular flexibility index (Phi) is 4.97. The van der Waals surface area contributed by atoms with E-state index >= 15 is 0 Å². The van der Waals surface area contributed by atoms with Gasteiger partial charge in [0.2, 0.25) is 0 Å². The van der Waals surface area contributed by atoms with Crippen LogP contribution in [0, 0.1) is 10.1 Å². The molecule has 1 N–H and O–H groups in total. The summed E-state index contributed by atoms with van der Waals surface area (Å²) in [6.07, 6.45) is 3.60. The largest absolute Gasteiger partial charge is 0.490 e. The van der Waals surface area contributed by atoms with Gasteiger partial charge < -0.3 is 10.1 Å². The summed E-state index contributed by atoms with van der Waals surface area (Å²) >= 11 is 0. The molecule has 0 aliphatic heterocycles. The molecule has 1 aliphatic rings. The fourth-order valence-electron chi connectivity index (χ4n) is 2.67. The molecule has 0 unspecified atom stereocenters. The Bertz CT molecular complexity index is 800. The van der Waals surface area contributed by atoms with Crippen LogP contribution in [-0.4, -0.2) is 16.8 Å². The molecule has 0 radical (unpaired) electrons. The number of nitrogens with one attached hydrogen (secondary N) is 1. The van der Waals surface area contributed by atoms with Crippen molar-refractivity contribution in [1.29, 1.82) is 0 Å².